The second-order valence-electron chi connectivity index (χ2n) is 4.97. The van der Waals surface area contributed by atoms with Crippen LogP contribution in [0, 0.1) is 0 Å². The van der Waals surface area contributed by atoms with Gasteiger partial charge in [0.25, 0.3) is 0 Å². The van der Waals surface area contributed by atoms with Crippen LogP contribution in [0.2, 0.25) is 0 Å². The van der Waals surface area contributed by atoms with E-state index in [-0.39, 0.29) is 11.6 Å². The van der Waals surface area contributed by atoms with Crippen LogP contribution >= 0.6 is 0 Å². The summed E-state index contributed by atoms with van der Waals surface area (Å²) in [5.41, 5.74) is 1.29. The maximum absolute atomic E-state index is 11.9. The Balaban J connectivity index is 2.27. The summed E-state index contributed by atoms with van der Waals surface area (Å²) in [7, 11) is 1.58. The van der Waals surface area contributed by atoms with Gasteiger partial charge < -0.3 is 9.47 Å². The number of carbonyl (C=O) groups is 2. The fourth-order valence-corrected chi connectivity index (χ4v) is 2.09. The van der Waals surface area contributed by atoms with Crippen molar-refractivity contribution in [2.24, 2.45) is 0 Å². The van der Waals surface area contributed by atoms with Crippen LogP contribution in [0.25, 0.3) is 0 Å². The van der Waals surface area contributed by atoms with Gasteiger partial charge in [0.15, 0.2) is 17.7 Å². The van der Waals surface area contributed by atoms with Gasteiger partial charge in [-0.15, -0.1) is 0 Å². The zero-order valence-corrected chi connectivity index (χ0v) is 12.8. The summed E-state index contributed by atoms with van der Waals surface area (Å²) in [5.74, 6) is 1.04. The van der Waals surface area contributed by atoms with E-state index in [1.165, 1.54) is 13.8 Å². The van der Waals surface area contributed by atoms with Gasteiger partial charge in [-0.25, -0.2) is 0 Å². The Morgan fingerprint density at radius 2 is 1.64 bits per heavy atom. The van der Waals surface area contributed by atoms with Crippen molar-refractivity contribution < 1.29 is 19.1 Å². The molecule has 2 aromatic carbocycles. The SMILES string of the molecule is COc1ccc(C(Oc2cccc(C(C)=O)c2)C(C)=O)cc1. The van der Waals surface area contributed by atoms with E-state index in [9.17, 15) is 9.59 Å². The standard InChI is InChI=1S/C18H18O4/c1-12(19)15-5-4-6-17(11-15)22-18(13(2)20)14-7-9-16(21-3)10-8-14/h4-11,18H,1-3H3. The van der Waals surface area contributed by atoms with E-state index >= 15 is 0 Å². The summed E-state index contributed by atoms with van der Waals surface area (Å²) in [6.07, 6.45) is -0.715. The van der Waals surface area contributed by atoms with Crippen molar-refractivity contribution in [3.8, 4) is 11.5 Å². The first-order valence-electron chi connectivity index (χ1n) is 6.93. The third-order valence-electron chi connectivity index (χ3n) is 3.28. The molecule has 4 nitrogen and oxygen atoms in total. The molecule has 0 aliphatic heterocycles. The molecule has 0 bridgehead atoms. The summed E-state index contributed by atoms with van der Waals surface area (Å²) in [5, 5.41) is 0. The van der Waals surface area contributed by atoms with Crippen molar-refractivity contribution in [1.82, 2.24) is 0 Å². The van der Waals surface area contributed by atoms with Gasteiger partial charge in [-0.1, -0.05) is 24.3 Å². The molecule has 0 N–H and O–H groups in total. The predicted octanol–water partition coefficient (Wildman–Crippen LogP) is 3.61. The number of benzene rings is 2. The monoisotopic (exact) mass is 298 g/mol. The molecule has 1 atom stereocenters. The van der Waals surface area contributed by atoms with Crippen LogP contribution in [0.1, 0.15) is 35.9 Å². The highest BCUT2D eigenvalue weighted by atomic mass is 16.5. The van der Waals surface area contributed by atoms with E-state index in [2.05, 4.69) is 0 Å². The van der Waals surface area contributed by atoms with Gasteiger partial charge in [-0.3, -0.25) is 9.59 Å². The van der Waals surface area contributed by atoms with Crippen molar-refractivity contribution in [2.75, 3.05) is 7.11 Å². The van der Waals surface area contributed by atoms with E-state index in [4.69, 9.17) is 9.47 Å². The molecular formula is C18H18O4. The summed E-state index contributed by atoms with van der Waals surface area (Å²) in [6, 6.07) is 14.0. The van der Waals surface area contributed by atoms with Gasteiger partial charge in [0.2, 0.25) is 0 Å². The Hall–Kier alpha value is -2.62. The second kappa shape index (κ2) is 6.89. The van der Waals surface area contributed by atoms with E-state index < -0.39 is 6.10 Å². The first kappa shape index (κ1) is 15.8. The largest absolute Gasteiger partial charge is 0.497 e. The Morgan fingerprint density at radius 3 is 2.18 bits per heavy atom. The molecule has 0 aromatic heterocycles. The van der Waals surface area contributed by atoms with Gasteiger partial charge in [0.05, 0.1) is 7.11 Å². The topological polar surface area (TPSA) is 52.6 Å². The Bertz CT molecular complexity index is 674. The Labute approximate surface area is 129 Å². The van der Waals surface area contributed by atoms with Crippen LogP contribution in [0.4, 0.5) is 0 Å². The van der Waals surface area contributed by atoms with Crippen molar-refractivity contribution in [3.63, 3.8) is 0 Å². The third-order valence-corrected chi connectivity index (χ3v) is 3.28. The molecule has 22 heavy (non-hydrogen) atoms. The Kier molecular flexibility index (Phi) is 4.94. The Morgan fingerprint density at radius 1 is 0.955 bits per heavy atom. The van der Waals surface area contributed by atoms with Crippen molar-refractivity contribution in [2.45, 2.75) is 20.0 Å². The van der Waals surface area contributed by atoms with Crippen LogP contribution in [-0.2, 0) is 4.79 Å². The molecule has 0 radical (unpaired) electrons. The van der Waals surface area contributed by atoms with Crippen LogP contribution in [0.5, 0.6) is 11.5 Å². The summed E-state index contributed by atoms with van der Waals surface area (Å²) >= 11 is 0. The summed E-state index contributed by atoms with van der Waals surface area (Å²) < 4.78 is 10.9. The van der Waals surface area contributed by atoms with Crippen LogP contribution in [-0.4, -0.2) is 18.7 Å². The average molecular weight is 298 g/mol. The molecular weight excluding hydrogens is 280 g/mol. The number of hydrogen-bond acceptors (Lipinski definition) is 4. The molecule has 0 spiro atoms. The molecule has 0 aliphatic carbocycles. The van der Waals surface area contributed by atoms with E-state index in [1.54, 1.807) is 55.6 Å². The molecule has 0 heterocycles. The number of rotatable bonds is 6. The maximum atomic E-state index is 11.9. The molecule has 2 rings (SSSR count). The molecule has 0 saturated carbocycles. The molecule has 114 valence electrons. The number of hydrogen-bond donors (Lipinski definition) is 0. The normalized spacial score (nSPS) is 11.6. The highest BCUT2D eigenvalue weighted by molar-refractivity contribution is 5.94. The van der Waals surface area contributed by atoms with E-state index in [0.717, 1.165) is 5.56 Å². The highest BCUT2D eigenvalue weighted by Crippen LogP contribution is 2.25. The maximum Gasteiger partial charge on any atom is 0.181 e. The zero-order valence-electron chi connectivity index (χ0n) is 12.8. The lowest BCUT2D eigenvalue weighted by atomic mass is 10.1. The van der Waals surface area contributed by atoms with Crippen LogP contribution < -0.4 is 9.47 Å². The fraction of sp³-hybridized carbons (Fsp3) is 0.222. The van der Waals surface area contributed by atoms with E-state index in [0.29, 0.717) is 17.1 Å². The van der Waals surface area contributed by atoms with Gasteiger partial charge in [-0.05, 0) is 38.1 Å². The minimum absolute atomic E-state index is 0.0470. The molecule has 1 unspecified atom stereocenters. The van der Waals surface area contributed by atoms with Crippen molar-refractivity contribution in [3.05, 3.63) is 59.7 Å². The molecule has 0 fully saturated rings. The van der Waals surface area contributed by atoms with Crippen molar-refractivity contribution in [1.29, 1.82) is 0 Å². The molecule has 0 saturated heterocycles. The van der Waals surface area contributed by atoms with Gasteiger partial charge in [-0.2, -0.15) is 0 Å². The molecule has 0 amide bonds. The fourth-order valence-electron chi connectivity index (χ4n) is 2.09. The lowest BCUT2D eigenvalue weighted by molar-refractivity contribution is -0.123. The quantitative estimate of drug-likeness (QED) is 0.764. The number of carbonyl (C=O) groups excluding carboxylic acids is 2. The summed E-state index contributed by atoms with van der Waals surface area (Å²) in [4.78, 5) is 23.3. The van der Waals surface area contributed by atoms with Gasteiger partial charge >= 0.3 is 0 Å². The van der Waals surface area contributed by atoms with Crippen LogP contribution in [0.15, 0.2) is 48.5 Å². The third kappa shape index (κ3) is 3.73. The molecule has 4 heteroatoms. The second-order valence-corrected chi connectivity index (χ2v) is 4.97. The smallest absolute Gasteiger partial charge is 0.181 e. The predicted molar refractivity (Wildman–Crippen MR) is 83.5 cm³/mol. The lowest BCUT2D eigenvalue weighted by Gasteiger charge is -2.17. The number of Topliss-reactive ketones (excluding diaryl/α,β-unsaturated/α-hetero) is 2. The van der Waals surface area contributed by atoms with E-state index in [1.807, 2.05) is 0 Å². The number of ether oxygens (including phenoxy) is 2. The molecule has 2 aromatic rings. The first-order valence-corrected chi connectivity index (χ1v) is 6.93. The van der Waals surface area contributed by atoms with Gasteiger partial charge in [0.1, 0.15) is 11.5 Å². The first-order chi connectivity index (χ1) is 10.5. The highest BCUT2D eigenvalue weighted by Gasteiger charge is 2.19. The number of methoxy groups -OCH3 is 1. The lowest BCUT2D eigenvalue weighted by Crippen LogP contribution is -2.16. The number of ketones is 2. The minimum atomic E-state index is -0.715. The van der Waals surface area contributed by atoms with Crippen LogP contribution in [0.3, 0.4) is 0 Å². The van der Waals surface area contributed by atoms with Crippen molar-refractivity contribution >= 4 is 11.6 Å². The minimum Gasteiger partial charge on any atom is -0.497 e. The zero-order chi connectivity index (χ0) is 16.1. The average Bonchev–Trinajstić information content (AvgIpc) is 2.53. The van der Waals surface area contributed by atoms with Gasteiger partial charge in [0, 0.05) is 11.1 Å². The summed E-state index contributed by atoms with van der Waals surface area (Å²) in [6.45, 7) is 2.97. The molecule has 0 aliphatic rings.